The Morgan fingerprint density at radius 3 is 2.47 bits per heavy atom. The van der Waals surface area contributed by atoms with Gasteiger partial charge in [0, 0.05) is 3.57 Å². The highest BCUT2D eigenvalue weighted by Gasteiger charge is 2.14. The second-order valence-corrected chi connectivity index (χ2v) is 5.23. The van der Waals surface area contributed by atoms with Crippen LogP contribution in [0.25, 0.3) is 0 Å². The van der Waals surface area contributed by atoms with Crippen molar-refractivity contribution in [1.29, 1.82) is 0 Å². The lowest BCUT2D eigenvalue weighted by Gasteiger charge is -2.14. The first-order valence-corrected chi connectivity index (χ1v) is 7.05. The fourth-order valence-electron chi connectivity index (χ4n) is 1.82. The molecule has 0 radical (unpaired) electrons. The van der Waals surface area contributed by atoms with Crippen molar-refractivity contribution in [3.05, 3.63) is 63.0 Å². The zero-order valence-electron chi connectivity index (χ0n) is 10.4. The molecule has 1 N–H and O–H groups in total. The average Bonchev–Trinajstić information content (AvgIpc) is 2.39. The second kappa shape index (κ2) is 6.34. The monoisotopic (exact) mass is 372 g/mol. The van der Waals surface area contributed by atoms with Gasteiger partial charge in [-0.1, -0.05) is 18.2 Å². The van der Waals surface area contributed by atoms with Gasteiger partial charge in [-0.05, 0) is 64.9 Å². The van der Waals surface area contributed by atoms with Crippen LogP contribution in [0.1, 0.15) is 24.2 Å². The molecular formula is C15H14FIO2. The smallest absolute Gasteiger partial charge is 0.124 e. The van der Waals surface area contributed by atoms with Gasteiger partial charge in [0.2, 0.25) is 0 Å². The molecule has 0 amide bonds. The van der Waals surface area contributed by atoms with Crippen LogP contribution < -0.4 is 4.74 Å². The Bertz CT molecular complexity index is 555. The Labute approximate surface area is 125 Å². The number of hydrogen-bond donors (Lipinski definition) is 1. The molecule has 1 unspecified atom stereocenters. The third-order valence-electron chi connectivity index (χ3n) is 2.76. The van der Waals surface area contributed by atoms with Crippen molar-refractivity contribution < 1.29 is 14.2 Å². The molecule has 0 spiro atoms. The standard InChI is InChI=1S/C15H14FIO2/c1-2-19-12-6-3-10(4-7-12)15(18)13-8-5-11(16)9-14(13)17/h3-9,15,18H,2H2,1H3. The minimum absolute atomic E-state index is 0.299. The molecule has 19 heavy (non-hydrogen) atoms. The predicted molar refractivity (Wildman–Crippen MR) is 80.8 cm³/mol. The summed E-state index contributed by atoms with van der Waals surface area (Å²) in [5.74, 6) is 0.472. The van der Waals surface area contributed by atoms with E-state index in [0.717, 1.165) is 11.3 Å². The van der Waals surface area contributed by atoms with Gasteiger partial charge >= 0.3 is 0 Å². The minimum atomic E-state index is -0.761. The molecule has 0 aliphatic carbocycles. The summed E-state index contributed by atoms with van der Waals surface area (Å²) in [6, 6.07) is 11.6. The van der Waals surface area contributed by atoms with E-state index in [-0.39, 0.29) is 5.82 Å². The highest BCUT2D eigenvalue weighted by Crippen LogP contribution is 2.27. The van der Waals surface area contributed by atoms with Crippen LogP contribution in [0.2, 0.25) is 0 Å². The van der Waals surface area contributed by atoms with E-state index >= 15 is 0 Å². The van der Waals surface area contributed by atoms with Crippen LogP contribution in [0, 0.1) is 9.39 Å². The molecule has 2 nitrogen and oxygen atoms in total. The summed E-state index contributed by atoms with van der Waals surface area (Å²) in [5.41, 5.74) is 1.46. The lowest BCUT2D eigenvalue weighted by Crippen LogP contribution is -2.02. The summed E-state index contributed by atoms with van der Waals surface area (Å²) in [4.78, 5) is 0. The van der Waals surface area contributed by atoms with Gasteiger partial charge < -0.3 is 9.84 Å². The maximum Gasteiger partial charge on any atom is 0.124 e. The molecule has 0 aliphatic rings. The van der Waals surface area contributed by atoms with Crippen molar-refractivity contribution in [1.82, 2.24) is 0 Å². The summed E-state index contributed by atoms with van der Waals surface area (Å²) in [6.07, 6.45) is -0.761. The molecule has 2 rings (SSSR count). The number of benzene rings is 2. The van der Waals surface area contributed by atoms with E-state index in [9.17, 15) is 9.50 Å². The van der Waals surface area contributed by atoms with Crippen molar-refractivity contribution in [3.63, 3.8) is 0 Å². The first kappa shape index (κ1) is 14.3. The lowest BCUT2D eigenvalue weighted by molar-refractivity contribution is 0.219. The topological polar surface area (TPSA) is 29.5 Å². The Hall–Kier alpha value is -1.14. The van der Waals surface area contributed by atoms with E-state index in [0.29, 0.717) is 15.7 Å². The normalized spacial score (nSPS) is 12.2. The third kappa shape index (κ3) is 3.45. The summed E-state index contributed by atoms with van der Waals surface area (Å²) in [5, 5.41) is 10.3. The van der Waals surface area contributed by atoms with Gasteiger partial charge in [-0.25, -0.2) is 4.39 Å². The van der Waals surface area contributed by atoms with Crippen LogP contribution in [0.5, 0.6) is 5.75 Å². The van der Waals surface area contributed by atoms with Gasteiger partial charge in [-0.15, -0.1) is 0 Å². The van der Waals surface area contributed by atoms with Crippen LogP contribution >= 0.6 is 22.6 Å². The van der Waals surface area contributed by atoms with Crippen molar-refractivity contribution >= 4 is 22.6 Å². The summed E-state index contributed by atoms with van der Waals surface area (Å²) in [6.45, 7) is 2.53. The largest absolute Gasteiger partial charge is 0.494 e. The fourth-order valence-corrected chi connectivity index (χ4v) is 2.59. The van der Waals surface area contributed by atoms with Crippen LogP contribution in [0.4, 0.5) is 4.39 Å². The van der Waals surface area contributed by atoms with Gasteiger partial charge in [0.25, 0.3) is 0 Å². The Kier molecular flexibility index (Phi) is 4.76. The van der Waals surface area contributed by atoms with Gasteiger partial charge in [0.1, 0.15) is 17.7 Å². The zero-order chi connectivity index (χ0) is 13.8. The van der Waals surface area contributed by atoms with E-state index in [4.69, 9.17) is 4.74 Å². The van der Waals surface area contributed by atoms with Gasteiger partial charge in [0.05, 0.1) is 6.61 Å². The molecule has 4 heteroatoms. The number of aliphatic hydroxyl groups is 1. The first-order chi connectivity index (χ1) is 9.11. The summed E-state index contributed by atoms with van der Waals surface area (Å²) in [7, 11) is 0. The van der Waals surface area contributed by atoms with Crippen LogP contribution in [-0.4, -0.2) is 11.7 Å². The highest BCUT2D eigenvalue weighted by atomic mass is 127. The fraction of sp³-hybridized carbons (Fsp3) is 0.200. The quantitative estimate of drug-likeness (QED) is 0.825. The molecule has 0 aromatic heterocycles. The van der Waals surface area contributed by atoms with E-state index < -0.39 is 6.10 Å². The molecule has 0 saturated carbocycles. The van der Waals surface area contributed by atoms with Gasteiger partial charge in [-0.3, -0.25) is 0 Å². The average molecular weight is 372 g/mol. The molecule has 1 atom stereocenters. The zero-order valence-corrected chi connectivity index (χ0v) is 12.6. The summed E-state index contributed by atoms with van der Waals surface area (Å²) >= 11 is 2.02. The number of aliphatic hydroxyl groups excluding tert-OH is 1. The van der Waals surface area contributed by atoms with E-state index in [1.54, 1.807) is 6.07 Å². The van der Waals surface area contributed by atoms with Crippen molar-refractivity contribution in [2.24, 2.45) is 0 Å². The van der Waals surface area contributed by atoms with Crippen molar-refractivity contribution in [2.75, 3.05) is 6.61 Å². The number of halogens is 2. The van der Waals surface area contributed by atoms with Crippen LogP contribution in [0.3, 0.4) is 0 Å². The Morgan fingerprint density at radius 2 is 1.89 bits per heavy atom. The van der Waals surface area contributed by atoms with E-state index in [2.05, 4.69) is 0 Å². The lowest BCUT2D eigenvalue weighted by atomic mass is 10.0. The Morgan fingerprint density at radius 1 is 1.21 bits per heavy atom. The molecular weight excluding hydrogens is 358 g/mol. The molecule has 0 fully saturated rings. The maximum absolute atomic E-state index is 13.0. The van der Waals surface area contributed by atoms with Gasteiger partial charge in [0.15, 0.2) is 0 Å². The predicted octanol–water partition coefficient (Wildman–Crippen LogP) is 3.91. The highest BCUT2D eigenvalue weighted by molar-refractivity contribution is 14.1. The molecule has 0 saturated heterocycles. The number of hydrogen-bond acceptors (Lipinski definition) is 2. The SMILES string of the molecule is CCOc1ccc(C(O)c2ccc(F)cc2I)cc1. The molecule has 0 aliphatic heterocycles. The van der Waals surface area contributed by atoms with Crippen molar-refractivity contribution in [3.8, 4) is 5.75 Å². The van der Waals surface area contributed by atoms with Crippen LogP contribution in [-0.2, 0) is 0 Å². The van der Waals surface area contributed by atoms with E-state index in [1.165, 1.54) is 12.1 Å². The Balaban J connectivity index is 2.25. The molecule has 0 heterocycles. The molecule has 100 valence electrons. The second-order valence-electron chi connectivity index (χ2n) is 4.07. The number of ether oxygens (including phenoxy) is 1. The van der Waals surface area contributed by atoms with Gasteiger partial charge in [-0.2, -0.15) is 0 Å². The van der Waals surface area contributed by atoms with E-state index in [1.807, 2.05) is 53.8 Å². The van der Waals surface area contributed by atoms with Crippen LogP contribution in [0.15, 0.2) is 42.5 Å². The van der Waals surface area contributed by atoms with Crippen molar-refractivity contribution in [2.45, 2.75) is 13.0 Å². The number of rotatable bonds is 4. The first-order valence-electron chi connectivity index (χ1n) is 5.97. The molecule has 2 aromatic rings. The third-order valence-corrected chi connectivity index (χ3v) is 3.70. The maximum atomic E-state index is 13.0. The minimum Gasteiger partial charge on any atom is -0.494 e. The summed E-state index contributed by atoms with van der Waals surface area (Å²) < 4.78 is 19.1. The molecule has 0 bridgehead atoms. The molecule has 2 aromatic carbocycles.